The van der Waals surface area contributed by atoms with Crippen molar-refractivity contribution in [3.8, 4) is 22.3 Å². The summed E-state index contributed by atoms with van der Waals surface area (Å²) in [4.78, 5) is 2.43. The van der Waals surface area contributed by atoms with Gasteiger partial charge < -0.3 is 9.32 Å². The number of hydrogen-bond donors (Lipinski definition) is 0. The molecule has 54 heavy (non-hydrogen) atoms. The molecule has 0 fully saturated rings. The molecule has 0 N–H and O–H groups in total. The molecule has 3 aliphatic carbocycles. The van der Waals surface area contributed by atoms with Crippen LogP contribution in [-0.2, 0) is 10.8 Å². The second-order valence-corrected chi connectivity index (χ2v) is 15.9. The van der Waals surface area contributed by atoms with Gasteiger partial charge in [0, 0.05) is 21.8 Å². The zero-order valence-corrected chi connectivity index (χ0v) is 29.9. The summed E-state index contributed by atoms with van der Waals surface area (Å²) in [5.74, 6) is 0. The Morgan fingerprint density at radius 3 is 1.65 bits per heavy atom. The van der Waals surface area contributed by atoms with Gasteiger partial charge in [0.25, 0.3) is 0 Å². The highest BCUT2D eigenvalue weighted by molar-refractivity contribution is 6.21. The van der Waals surface area contributed by atoms with Gasteiger partial charge in [0.05, 0.1) is 22.5 Å². The molecule has 8 aromatic carbocycles. The van der Waals surface area contributed by atoms with Gasteiger partial charge >= 0.3 is 0 Å². The summed E-state index contributed by atoms with van der Waals surface area (Å²) in [6.45, 7) is 4.68. The molecule has 9 aromatic rings. The zero-order chi connectivity index (χ0) is 35.5. The van der Waals surface area contributed by atoms with Crippen molar-refractivity contribution >= 4 is 61.9 Å². The van der Waals surface area contributed by atoms with Crippen molar-refractivity contribution in [1.82, 2.24) is 0 Å². The van der Waals surface area contributed by atoms with Crippen LogP contribution in [-0.4, -0.2) is 0 Å². The Hall–Kier alpha value is -6.64. The highest BCUT2D eigenvalue weighted by Gasteiger charge is 2.51. The fourth-order valence-corrected chi connectivity index (χ4v) is 11.0. The maximum Gasteiger partial charge on any atom is 0.159 e. The lowest BCUT2D eigenvalue weighted by atomic mass is 9.61. The van der Waals surface area contributed by atoms with E-state index in [2.05, 4.69) is 183 Å². The lowest BCUT2D eigenvalue weighted by Gasteiger charge is -2.41. The molecule has 4 aliphatic rings. The summed E-state index contributed by atoms with van der Waals surface area (Å²) in [5.41, 5.74) is 20.2. The van der Waals surface area contributed by atoms with Crippen molar-refractivity contribution in [2.24, 2.45) is 0 Å². The van der Waals surface area contributed by atoms with Gasteiger partial charge in [0.2, 0.25) is 0 Å². The third-order valence-electron chi connectivity index (χ3n) is 13.2. The molecule has 1 aliphatic heterocycles. The molecule has 0 amide bonds. The van der Waals surface area contributed by atoms with E-state index >= 15 is 0 Å². The van der Waals surface area contributed by atoms with Crippen LogP contribution in [0.15, 0.2) is 156 Å². The zero-order valence-electron chi connectivity index (χ0n) is 29.9. The van der Waals surface area contributed by atoms with Gasteiger partial charge in [-0.15, -0.1) is 0 Å². The summed E-state index contributed by atoms with van der Waals surface area (Å²) >= 11 is 0. The topological polar surface area (TPSA) is 16.4 Å². The van der Waals surface area contributed by atoms with Crippen LogP contribution in [0.4, 0.5) is 17.1 Å². The van der Waals surface area contributed by atoms with Crippen LogP contribution < -0.4 is 4.90 Å². The second kappa shape index (κ2) is 9.66. The molecule has 0 saturated carbocycles. The molecular weight excluding hydrogens is 655 g/mol. The first-order valence-corrected chi connectivity index (χ1v) is 19.0. The Kier molecular flexibility index (Phi) is 5.17. The average Bonchev–Trinajstić information content (AvgIpc) is 3.90. The highest BCUT2D eigenvalue weighted by atomic mass is 16.3. The Bertz CT molecular complexity index is 3100. The van der Waals surface area contributed by atoms with Crippen molar-refractivity contribution in [3.05, 3.63) is 196 Å². The molecule has 0 bridgehead atoms. The third-order valence-corrected chi connectivity index (χ3v) is 13.2. The number of rotatable bonds is 1. The Balaban J connectivity index is 1.18. The van der Waals surface area contributed by atoms with E-state index in [0.29, 0.717) is 0 Å². The second-order valence-electron chi connectivity index (χ2n) is 15.9. The van der Waals surface area contributed by atoms with Gasteiger partial charge in [0.15, 0.2) is 5.58 Å². The molecule has 2 heteroatoms. The van der Waals surface area contributed by atoms with Crippen LogP contribution in [0.25, 0.3) is 67.1 Å². The summed E-state index contributed by atoms with van der Waals surface area (Å²) in [5, 5.41) is 4.95. The lowest BCUT2D eigenvalue weighted by Crippen LogP contribution is -2.32. The van der Waals surface area contributed by atoms with E-state index in [9.17, 15) is 0 Å². The first-order chi connectivity index (χ1) is 26.6. The van der Waals surface area contributed by atoms with E-state index < -0.39 is 5.41 Å². The maximum absolute atomic E-state index is 7.46. The molecule has 0 saturated heterocycles. The lowest BCUT2D eigenvalue weighted by molar-refractivity contribution is 0.630. The molecule has 0 unspecified atom stereocenters. The standard InChI is InChI=1S/C52H33NO/c1-51(2)39-17-7-9-19-43(39)53(44-20-10-8-18-40(44)51)45-21-11-14-34-35-27-29-42-48(50(35)54-49(34)45)36-26-24-30-22-23-31-25-28-41(47(36)46(30)31)52(42)37-15-5-3-12-32(37)33-13-4-6-16-38(33)52/h3-29H,1-2H3. The average molecular weight is 688 g/mol. The minimum Gasteiger partial charge on any atom is -0.453 e. The first-order valence-electron chi connectivity index (χ1n) is 19.0. The molecule has 0 atom stereocenters. The number of furan rings is 1. The van der Waals surface area contributed by atoms with Gasteiger partial charge in [-0.05, 0) is 90.2 Å². The Morgan fingerprint density at radius 2 is 0.963 bits per heavy atom. The molecular formula is C52H33NO. The molecule has 252 valence electrons. The quantitative estimate of drug-likeness (QED) is 0.171. The van der Waals surface area contributed by atoms with Crippen LogP contribution in [0.2, 0.25) is 0 Å². The van der Waals surface area contributed by atoms with Crippen LogP contribution >= 0.6 is 0 Å². The highest BCUT2D eigenvalue weighted by Crippen LogP contribution is 2.64. The normalized spacial score (nSPS) is 15.8. The number of benzene rings is 8. The number of nitrogens with zero attached hydrogens (tertiary/aromatic N) is 1. The van der Waals surface area contributed by atoms with Crippen molar-refractivity contribution in [2.45, 2.75) is 24.7 Å². The van der Waals surface area contributed by atoms with E-state index in [4.69, 9.17) is 4.42 Å². The molecule has 2 nitrogen and oxygen atoms in total. The Morgan fingerprint density at radius 1 is 0.407 bits per heavy atom. The van der Waals surface area contributed by atoms with Crippen molar-refractivity contribution in [2.75, 3.05) is 4.90 Å². The van der Waals surface area contributed by atoms with Crippen LogP contribution in [0.5, 0.6) is 0 Å². The summed E-state index contributed by atoms with van der Waals surface area (Å²) in [7, 11) is 0. The number of anilines is 3. The maximum atomic E-state index is 7.46. The van der Waals surface area contributed by atoms with Gasteiger partial charge in [-0.2, -0.15) is 0 Å². The van der Waals surface area contributed by atoms with E-state index in [-0.39, 0.29) is 5.41 Å². The molecule has 0 radical (unpaired) electrons. The summed E-state index contributed by atoms with van der Waals surface area (Å²) in [6.07, 6.45) is 4.56. The van der Waals surface area contributed by atoms with E-state index in [1.54, 1.807) is 0 Å². The number of hydrogen-bond acceptors (Lipinski definition) is 2. The Labute approximate surface area is 313 Å². The number of fused-ring (bicyclic) bond motifs is 15. The molecule has 1 spiro atoms. The van der Waals surface area contributed by atoms with Gasteiger partial charge in [0.1, 0.15) is 5.58 Å². The number of para-hydroxylation sites is 3. The van der Waals surface area contributed by atoms with Crippen LogP contribution in [0.3, 0.4) is 0 Å². The molecule has 13 rings (SSSR count). The minimum atomic E-state index is -0.498. The fraction of sp³-hybridized carbons (Fsp3) is 0.0769. The predicted molar refractivity (Wildman–Crippen MR) is 223 cm³/mol. The van der Waals surface area contributed by atoms with E-state index in [1.807, 2.05) is 0 Å². The largest absolute Gasteiger partial charge is 0.453 e. The van der Waals surface area contributed by atoms with Gasteiger partial charge in [-0.1, -0.05) is 159 Å². The summed E-state index contributed by atoms with van der Waals surface area (Å²) in [6, 6.07) is 56.7. The first kappa shape index (κ1) is 28.9. The van der Waals surface area contributed by atoms with E-state index in [1.165, 1.54) is 88.9 Å². The third kappa shape index (κ3) is 3.19. The molecule has 1 aromatic heterocycles. The monoisotopic (exact) mass is 687 g/mol. The SMILES string of the molecule is CC1(C)c2ccccc2N(c2cccc3c2oc2c4c(ccc23)C2(c3ccccc3-c3ccccc32)c2ccc3c5c(ccc-4c25)C=C3)c2ccccc21. The van der Waals surface area contributed by atoms with Crippen molar-refractivity contribution in [3.63, 3.8) is 0 Å². The predicted octanol–water partition coefficient (Wildman–Crippen LogP) is 13.7. The van der Waals surface area contributed by atoms with Gasteiger partial charge in [-0.25, -0.2) is 0 Å². The van der Waals surface area contributed by atoms with Crippen molar-refractivity contribution in [1.29, 1.82) is 0 Å². The van der Waals surface area contributed by atoms with Crippen LogP contribution in [0.1, 0.15) is 58.4 Å². The smallest absolute Gasteiger partial charge is 0.159 e. The minimum absolute atomic E-state index is 0.144. The summed E-state index contributed by atoms with van der Waals surface area (Å²) < 4.78 is 7.46. The van der Waals surface area contributed by atoms with Crippen molar-refractivity contribution < 1.29 is 4.42 Å². The molecule has 2 heterocycles. The fourth-order valence-electron chi connectivity index (χ4n) is 11.0. The van der Waals surface area contributed by atoms with E-state index in [0.717, 1.165) is 27.6 Å². The van der Waals surface area contributed by atoms with Gasteiger partial charge in [-0.3, -0.25) is 0 Å². The van der Waals surface area contributed by atoms with Crippen LogP contribution in [0, 0.1) is 0 Å².